The molecule has 0 aromatic heterocycles. The summed E-state index contributed by atoms with van der Waals surface area (Å²) in [6.07, 6.45) is 0.903. The van der Waals surface area contributed by atoms with Gasteiger partial charge >= 0.3 is 0 Å². The lowest BCUT2D eigenvalue weighted by Crippen LogP contribution is -2.10. The van der Waals surface area contributed by atoms with Crippen LogP contribution < -0.4 is 10.5 Å². The molecule has 0 aliphatic carbocycles. The molecule has 3 heteroatoms. The van der Waals surface area contributed by atoms with Gasteiger partial charge in [0.2, 0.25) is 0 Å². The first-order valence-electron chi connectivity index (χ1n) is 6.21. The van der Waals surface area contributed by atoms with Crippen molar-refractivity contribution in [3.05, 3.63) is 29.3 Å². The lowest BCUT2D eigenvalue weighted by atomic mass is 10.1. The quantitative estimate of drug-likeness (QED) is 0.742. The van der Waals surface area contributed by atoms with E-state index in [0.29, 0.717) is 6.61 Å². The van der Waals surface area contributed by atoms with Crippen molar-refractivity contribution in [2.75, 3.05) is 19.8 Å². The van der Waals surface area contributed by atoms with E-state index >= 15 is 0 Å². The molecule has 0 unspecified atom stereocenters. The molecule has 0 radical (unpaired) electrons. The van der Waals surface area contributed by atoms with Crippen LogP contribution >= 0.6 is 0 Å². The molecule has 3 nitrogen and oxygen atoms in total. The Morgan fingerprint density at radius 2 is 2.06 bits per heavy atom. The van der Waals surface area contributed by atoms with E-state index in [4.69, 9.17) is 15.2 Å². The van der Waals surface area contributed by atoms with Crippen LogP contribution in [-0.2, 0) is 4.74 Å². The van der Waals surface area contributed by atoms with Gasteiger partial charge < -0.3 is 15.2 Å². The summed E-state index contributed by atoms with van der Waals surface area (Å²) in [6.45, 7) is 8.19. The largest absolute Gasteiger partial charge is 0.493 e. The summed E-state index contributed by atoms with van der Waals surface area (Å²) in [4.78, 5) is 0. The second kappa shape index (κ2) is 7.30. The molecule has 0 aliphatic rings. The van der Waals surface area contributed by atoms with Gasteiger partial charge in [-0.2, -0.15) is 0 Å². The molecular weight excluding hydrogens is 214 g/mol. The Kier molecular flexibility index (Phi) is 6.01. The van der Waals surface area contributed by atoms with E-state index in [2.05, 4.69) is 13.0 Å². The Labute approximate surface area is 104 Å². The number of ether oxygens (including phenoxy) is 2. The highest BCUT2D eigenvalue weighted by Gasteiger charge is 2.07. The first kappa shape index (κ1) is 14.0. The van der Waals surface area contributed by atoms with Crippen molar-refractivity contribution in [2.45, 2.75) is 33.2 Å². The van der Waals surface area contributed by atoms with E-state index in [0.717, 1.165) is 30.9 Å². The van der Waals surface area contributed by atoms with Crippen LogP contribution in [-0.4, -0.2) is 19.8 Å². The summed E-state index contributed by atoms with van der Waals surface area (Å²) in [7, 11) is 0. The average molecular weight is 237 g/mol. The van der Waals surface area contributed by atoms with Gasteiger partial charge in [0, 0.05) is 31.2 Å². The predicted octanol–water partition coefficient (Wildman–Crippen LogP) is 2.82. The van der Waals surface area contributed by atoms with Crippen LogP contribution in [0.25, 0.3) is 0 Å². The Morgan fingerprint density at radius 1 is 1.29 bits per heavy atom. The van der Waals surface area contributed by atoms with Gasteiger partial charge in [-0.05, 0) is 32.4 Å². The SMILES string of the molecule is CCOCCCOc1cc(C)ccc1[C@@H](C)N. The van der Waals surface area contributed by atoms with E-state index in [1.807, 2.05) is 26.0 Å². The minimum atomic E-state index is -0.00232. The Morgan fingerprint density at radius 3 is 2.71 bits per heavy atom. The minimum Gasteiger partial charge on any atom is -0.493 e. The summed E-state index contributed by atoms with van der Waals surface area (Å²) >= 11 is 0. The number of nitrogens with two attached hydrogens (primary N) is 1. The van der Waals surface area contributed by atoms with Gasteiger partial charge in [0.25, 0.3) is 0 Å². The van der Waals surface area contributed by atoms with Gasteiger partial charge in [-0.1, -0.05) is 12.1 Å². The molecule has 0 amide bonds. The smallest absolute Gasteiger partial charge is 0.124 e. The van der Waals surface area contributed by atoms with Gasteiger partial charge in [0.1, 0.15) is 5.75 Å². The Bertz CT molecular complexity index is 337. The first-order valence-corrected chi connectivity index (χ1v) is 6.21. The fourth-order valence-corrected chi connectivity index (χ4v) is 1.63. The molecule has 96 valence electrons. The van der Waals surface area contributed by atoms with Crippen LogP contribution in [0.3, 0.4) is 0 Å². The normalized spacial score (nSPS) is 12.5. The highest BCUT2D eigenvalue weighted by molar-refractivity contribution is 5.38. The topological polar surface area (TPSA) is 44.5 Å². The first-order chi connectivity index (χ1) is 8.15. The molecule has 0 spiro atoms. The zero-order chi connectivity index (χ0) is 12.7. The van der Waals surface area contributed by atoms with Crippen molar-refractivity contribution in [2.24, 2.45) is 5.73 Å². The van der Waals surface area contributed by atoms with E-state index < -0.39 is 0 Å². The van der Waals surface area contributed by atoms with Gasteiger partial charge in [0.05, 0.1) is 6.61 Å². The molecule has 0 saturated carbocycles. The third-order valence-electron chi connectivity index (χ3n) is 2.55. The van der Waals surface area contributed by atoms with Gasteiger partial charge in [-0.3, -0.25) is 0 Å². The summed E-state index contributed by atoms with van der Waals surface area (Å²) in [5.41, 5.74) is 8.16. The summed E-state index contributed by atoms with van der Waals surface area (Å²) in [5.74, 6) is 0.900. The molecule has 1 aromatic rings. The highest BCUT2D eigenvalue weighted by Crippen LogP contribution is 2.25. The molecule has 0 aliphatic heterocycles. The fourth-order valence-electron chi connectivity index (χ4n) is 1.63. The minimum absolute atomic E-state index is 0.00232. The molecule has 1 aromatic carbocycles. The van der Waals surface area contributed by atoms with Crippen molar-refractivity contribution in [3.63, 3.8) is 0 Å². The summed E-state index contributed by atoms with van der Waals surface area (Å²) in [6, 6.07) is 6.14. The fraction of sp³-hybridized carbons (Fsp3) is 0.571. The number of hydrogen-bond acceptors (Lipinski definition) is 3. The molecule has 2 N–H and O–H groups in total. The van der Waals surface area contributed by atoms with E-state index in [1.54, 1.807) is 0 Å². The molecule has 1 rings (SSSR count). The van der Waals surface area contributed by atoms with Crippen molar-refractivity contribution < 1.29 is 9.47 Å². The number of aryl methyl sites for hydroxylation is 1. The molecule has 1 atom stereocenters. The van der Waals surface area contributed by atoms with Crippen molar-refractivity contribution in [1.82, 2.24) is 0 Å². The third-order valence-corrected chi connectivity index (χ3v) is 2.55. The summed E-state index contributed by atoms with van der Waals surface area (Å²) < 4.78 is 11.0. The lowest BCUT2D eigenvalue weighted by molar-refractivity contribution is 0.130. The van der Waals surface area contributed by atoms with Crippen molar-refractivity contribution in [1.29, 1.82) is 0 Å². The van der Waals surface area contributed by atoms with Crippen LogP contribution in [0.5, 0.6) is 5.75 Å². The van der Waals surface area contributed by atoms with Gasteiger partial charge in [0.15, 0.2) is 0 Å². The standard InChI is InChI=1S/C14H23NO2/c1-4-16-8-5-9-17-14-10-11(2)6-7-13(14)12(3)15/h6-7,10,12H,4-5,8-9,15H2,1-3H3/t12-/m1/s1. The maximum atomic E-state index is 5.91. The highest BCUT2D eigenvalue weighted by atomic mass is 16.5. The van der Waals surface area contributed by atoms with Crippen LogP contribution in [0.2, 0.25) is 0 Å². The van der Waals surface area contributed by atoms with Crippen LogP contribution in [0.4, 0.5) is 0 Å². The second-order valence-corrected chi connectivity index (χ2v) is 4.23. The number of benzene rings is 1. The molecular formula is C14H23NO2. The van der Waals surface area contributed by atoms with E-state index in [-0.39, 0.29) is 6.04 Å². The Balaban J connectivity index is 2.53. The summed E-state index contributed by atoms with van der Waals surface area (Å²) in [5, 5.41) is 0. The van der Waals surface area contributed by atoms with E-state index in [1.165, 1.54) is 5.56 Å². The van der Waals surface area contributed by atoms with E-state index in [9.17, 15) is 0 Å². The monoisotopic (exact) mass is 237 g/mol. The number of hydrogen-bond donors (Lipinski definition) is 1. The molecule has 17 heavy (non-hydrogen) atoms. The zero-order valence-corrected chi connectivity index (χ0v) is 11.0. The second-order valence-electron chi connectivity index (χ2n) is 4.23. The molecule has 0 bridgehead atoms. The van der Waals surface area contributed by atoms with Gasteiger partial charge in [-0.25, -0.2) is 0 Å². The maximum Gasteiger partial charge on any atom is 0.124 e. The van der Waals surface area contributed by atoms with Crippen molar-refractivity contribution in [3.8, 4) is 5.75 Å². The van der Waals surface area contributed by atoms with Crippen LogP contribution in [0, 0.1) is 6.92 Å². The van der Waals surface area contributed by atoms with Crippen LogP contribution in [0.1, 0.15) is 37.4 Å². The molecule has 0 heterocycles. The number of rotatable bonds is 7. The Hall–Kier alpha value is -1.06. The maximum absolute atomic E-state index is 5.91. The lowest BCUT2D eigenvalue weighted by Gasteiger charge is -2.14. The average Bonchev–Trinajstić information content (AvgIpc) is 2.28. The van der Waals surface area contributed by atoms with Crippen molar-refractivity contribution >= 4 is 0 Å². The third kappa shape index (κ3) is 4.75. The zero-order valence-electron chi connectivity index (χ0n) is 11.0. The molecule has 0 saturated heterocycles. The van der Waals surface area contributed by atoms with Crippen LogP contribution in [0.15, 0.2) is 18.2 Å². The predicted molar refractivity (Wildman–Crippen MR) is 70.4 cm³/mol. The molecule has 0 fully saturated rings. The van der Waals surface area contributed by atoms with Gasteiger partial charge in [-0.15, -0.1) is 0 Å².